The second-order valence-corrected chi connectivity index (χ2v) is 7.06. The van der Waals surface area contributed by atoms with E-state index in [0.717, 1.165) is 36.3 Å². The van der Waals surface area contributed by atoms with E-state index < -0.39 is 0 Å². The van der Waals surface area contributed by atoms with Gasteiger partial charge in [0, 0.05) is 19.7 Å². The number of aryl methyl sites for hydroxylation is 1. The molecule has 138 valence electrons. The summed E-state index contributed by atoms with van der Waals surface area (Å²) in [6.45, 7) is 3.27. The summed E-state index contributed by atoms with van der Waals surface area (Å²) >= 11 is 0. The molecule has 2 aromatic carbocycles. The zero-order valence-electron chi connectivity index (χ0n) is 15.1. The average Bonchev–Trinajstić information content (AvgIpc) is 3.35. The van der Waals surface area contributed by atoms with Gasteiger partial charge in [-0.3, -0.25) is 10.2 Å². The molecule has 1 aliphatic heterocycles. The minimum absolute atomic E-state index is 0.306. The quantitative estimate of drug-likeness (QED) is 0.588. The Morgan fingerprint density at radius 3 is 2.78 bits per heavy atom. The van der Waals surface area contributed by atoms with Crippen LogP contribution in [-0.2, 0) is 13.6 Å². The number of halogens is 1. The Morgan fingerprint density at radius 2 is 1.93 bits per heavy atom. The standard InChI is InChI=1S/C20H20FN5O/c1-25-17-6-5-14(21)11-15(17)22-19(25)24-20-23-16-10-13(4-7-18(16)27-20)12-26-8-2-3-9-26/h4-7,10-11H,2-3,8-9,12H2,1H3,(H,22,23,24). The van der Waals surface area contributed by atoms with Crippen molar-refractivity contribution in [3.8, 4) is 0 Å². The number of nitrogens with zero attached hydrogens (tertiary/aromatic N) is 4. The van der Waals surface area contributed by atoms with Crippen molar-refractivity contribution in [3.05, 3.63) is 47.8 Å². The van der Waals surface area contributed by atoms with E-state index in [-0.39, 0.29) is 5.82 Å². The van der Waals surface area contributed by atoms with E-state index in [2.05, 4.69) is 32.3 Å². The molecule has 6 nitrogen and oxygen atoms in total. The first kappa shape index (κ1) is 16.3. The van der Waals surface area contributed by atoms with Crippen LogP contribution >= 0.6 is 0 Å². The van der Waals surface area contributed by atoms with Crippen LogP contribution in [0.2, 0.25) is 0 Å². The third-order valence-electron chi connectivity index (χ3n) is 5.12. The van der Waals surface area contributed by atoms with E-state index in [9.17, 15) is 4.39 Å². The zero-order valence-corrected chi connectivity index (χ0v) is 15.1. The molecule has 3 heterocycles. The first-order chi connectivity index (χ1) is 13.2. The smallest absolute Gasteiger partial charge is 0.302 e. The third kappa shape index (κ3) is 3.04. The Balaban J connectivity index is 1.42. The maximum absolute atomic E-state index is 13.4. The summed E-state index contributed by atoms with van der Waals surface area (Å²) in [4.78, 5) is 11.4. The van der Waals surface area contributed by atoms with Gasteiger partial charge in [-0.2, -0.15) is 4.98 Å². The fourth-order valence-corrected chi connectivity index (χ4v) is 3.70. The van der Waals surface area contributed by atoms with Crippen LogP contribution in [0.4, 0.5) is 16.4 Å². The number of anilines is 2. The van der Waals surface area contributed by atoms with Gasteiger partial charge in [0.1, 0.15) is 11.3 Å². The molecular formula is C20H20FN5O. The van der Waals surface area contributed by atoms with E-state index in [1.54, 1.807) is 6.07 Å². The predicted molar refractivity (Wildman–Crippen MR) is 102 cm³/mol. The van der Waals surface area contributed by atoms with Crippen LogP contribution in [0.1, 0.15) is 18.4 Å². The first-order valence-corrected chi connectivity index (χ1v) is 9.16. The molecule has 0 atom stereocenters. The van der Waals surface area contributed by atoms with Crippen molar-refractivity contribution in [1.82, 2.24) is 19.4 Å². The van der Waals surface area contributed by atoms with Crippen molar-refractivity contribution < 1.29 is 8.81 Å². The highest BCUT2D eigenvalue weighted by molar-refractivity contribution is 5.80. The minimum Gasteiger partial charge on any atom is -0.423 e. The van der Waals surface area contributed by atoms with Gasteiger partial charge in [-0.05, 0) is 55.8 Å². The number of hydrogen-bond donors (Lipinski definition) is 1. The highest BCUT2D eigenvalue weighted by Crippen LogP contribution is 2.26. The number of nitrogens with one attached hydrogen (secondary N) is 1. The molecule has 7 heteroatoms. The summed E-state index contributed by atoms with van der Waals surface area (Å²) < 4.78 is 21.1. The highest BCUT2D eigenvalue weighted by atomic mass is 19.1. The first-order valence-electron chi connectivity index (χ1n) is 9.16. The van der Waals surface area contributed by atoms with Gasteiger partial charge in [0.05, 0.1) is 11.0 Å². The van der Waals surface area contributed by atoms with Crippen LogP contribution in [0, 0.1) is 5.82 Å². The number of hydrogen-bond acceptors (Lipinski definition) is 5. The summed E-state index contributed by atoms with van der Waals surface area (Å²) in [7, 11) is 1.87. The maximum atomic E-state index is 13.4. The molecule has 1 fully saturated rings. The maximum Gasteiger partial charge on any atom is 0.302 e. The number of benzene rings is 2. The summed E-state index contributed by atoms with van der Waals surface area (Å²) in [6, 6.07) is 11.1. The summed E-state index contributed by atoms with van der Waals surface area (Å²) in [6.07, 6.45) is 2.56. The number of rotatable bonds is 4. The molecule has 4 aromatic rings. The van der Waals surface area contributed by atoms with E-state index in [0.29, 0.717) is 17.5 Å². The molecule has 0 aliphatic carbocycles. The molecule has 0 spiro atoms. The molecule has 0 radical (unpaired) electrons. The number of fused-ring (bicyclic) bond motifs is 2. The van der Waals surface area contributed by atoms with Crippen molar-refractivity contribution in [3.63, 3.8) is 0 Å². The van der Waals surface area contributed by atoms with Gasteiger partial charge in [-0.1, -0.05) is 6.07 Å². The molecule has 0 unspecified atom stereocenters. The molecular weight excluding hydrogens is 345 g/mol. The van der Waals surface area contributed by atoms with Gasteiger partial charge in [-0.15, -0.1) is 0 Å². The van der Waals surface area contributed by atoms with Crippen molar-refractivity contribution in [2.75, 3.05) is 18.4 Å². The Morgan fingerprint density at radius 1 is 1.07 bits per heavy atom. The number of aromatic nitrogens is 3. The van der Waals surface area contributed by atoms with Crippen LogP contribution in [0.5, 0.6) is 0 Å². The van der Waals surface area contributed by atoms with Crippen LogP contribution in [0.25, 0.3) is 22.1 Å². The average molecular weight is 365 g/mol. The molecule has 0 bridgehead atoms. The Hall–Kier alpha value is -2.93. The number of oxazole rings is 1. The van der Waals surface area contributed by atoms with E-state index >= 15 is 0 Å². The summed E-state index contributed by atoms with van der Waals surface area (Å²) in [5.41, 5.74) is 4.21. The van der Waals surface area contributed by atoms with Gasteiger partial charge in [-0.25, -0.2) is 9.37 Å². The fourth-order valence-electron chi connectivity index (χ4n) is 3.70. The lowest BCUT2D eigenvalue weighted by Crippen LogP contribution is -2.18. The number of likely N-dealkylation sites (tertiary alicyclic amines) is 1. The molecule has 0 amide bonds. The second kappa shape index (κ2) is 6.35. The SMILES string of the molecule is Cn1c(Nc2nc3cc(CN4CCCC4)ccc3o2)nc2cc(F)ccc21. The Labute approximate surface area is 155 Å². The second-order valence-electron chi connectivity index (χ2n) is 7.06. The lowest BCUT2D eigenvalue weighted by molar-refractivity contribution is 0.331. The van der Waals surface area contributed by atoms with Crippen LogP contribution in [0.15, 0.2) is 40.8 Å². The monoisotopic (exact) mass is 365 g/mol. The Bertz CT molecular complexity index is 1130. The highest BCUT2D eigenvalue weighted by Gasteiger charge is 2.15. The normalized spacial score (nSPS) is 15.2. The van der Waals surface area contributed by atoms with Crippen molar-refractivity contribution in [2.45, 2.75) is 19.4 Å². The topological polar surface area (TPSA) is 59.1 Å². The van der Waals surface area contributed by atoms with Crippen LogP contribution in [0.3, 0.4) is 0 Å². The van der Waals surface area contributed by atoms with Crippen LogP contribution < -0.4 is 5.32 Å². The third-order valence-corrected chi connectivity index (χ3v) is 5.12. The van der Waals surface area contributed by atoms with Gasteiger partial charge in [0.15, 0.2) is 5.58 Å². The van der Waals surface area contributed by atoms with E-state index in [4.69, 9.17) is 4.42 Å². The van der Waals surface area contributed by atoms with Crippen molar-refractivity contribution in [2.24, 2.45) is 7.05 Å². The largest absolute Gasteiger partial charge is 0.423 e. The lowest BCUT2D eigenvalue weighted by atomic mass is 10.2. The van der Waals surface area contributed by atoms with Gasteiger partial charge in [0.2, 0.25) is 5.95 Å². The lowest BCUT2D eigenvalue weighted by Gasteiger charge is -2.13. The molecule has 2 aromatic heterocycles. The summed E-state index contributed by atoms with van der Waals surface area (Å²) in [5, 5.41) is 3.10. The van der Waals surface area contributed by atoms with Crippen molar-refractivity contribution >= 4 is 34.1 Å². The number of imidazole rings is 1. The molecule has 27 heavy (non-hydrogen) atoms. The van der Waals surface area contributed by atoms with Crippen molar-refractivity contribution in [1.29, 1.82) is 0 Å². The summed E-state index contributed by atoms with van der Waals surface area (Å²) in [5.74, 6) is 0.249. The van der Waals surface area contributed by atoms with Gasteiger partial charge >= 0.3 is 6.01 Å². The molecule has 1 aliphatic rings. The zero-order chi connectivity index (χ0) is 18.4. The van der Waals surface area contributed by atoms with Gasteiger partial charge < -0.3 is 8.98 Å². The molecule has 1 N–H and O–H groups in total. The minimum atomic E-state index is -0.306. The fraction of sp³-hybridized carbons (Fsp3) is 0.300. The van der Waals surface area contributed by atoms with E-state index in [1.807, 2.05) is 17.7 Å². The van der Waals surface area contributed by atoms with Gasteiger partial charge in [0.25, 0.3) is 0 Å². The molecule has 0 saturated carbocycles. The Kier molecular flexibility index (Phi) is 3.82. The van der Waals surface area contributed by atoms with E-state index in [1.165, 1.54) is 30.5 Å². The van der Waals surface area contributed by atoms with Crippen LogP contribution in [-0.4, -0.2) is 32.5 Å². The molecule has 5 rings (SSSR count). The predicted octanol–water partition coefficient (Wildman–Crippen LogP) is 4.19. The molecule has 1 saturated heterocycles.